The Labute approximate surface area is 358 Å². The number of hydrogen-bond acceptors (Lipinski definition) is 9. The van der Waals surface area contributed by atoms with E-state index >= 15 is 0 Å². The number of benzene rings is 8. The van der Waals surface area contributed by atoms with Gasteiger partial charge in [-0.3, -0.25) is 0 Å². The Morgan fingerprint density at radius 3 is 1.61 bits per heavy atom. The van der Waals surface area contributed by atoms with Gasteiger partial charge in [0.25, 0.3) is 0 Å². The van der Waals surface area contributed by atoms with E-state index in [1.807, 2.05) is 60.7 Å². The van der Waals surface area contributed by atoms with Crippen molar-refractivity contribution in [2.45, 2.75) is 0 Å². The highest BCUT2D eigenvalue weighted by atomic mass is 31.2. The molecule has 0 saturated carbocycles. The Morgan fingerprint density at radius 1 is 0.452 bits per heavy atom. The van der Waals surface area contributed by atoms with E-state index < -0.39 is 26.7 Å². The number of esters is 2. The lowest BCUT2D eigenvalue weighted by atomic mass is 10.1. The normalized spacial score (nSPS) is 12.7. The van der Waals surface area contributed by atoms with Gasteiger partial charge in [0.1, 0.15) is 29.1 Å². The predicted octanol–water partition coefficient (Wildman–Crippen LogP) is 9.85. The molecule has 2 unspecified atom stereocenters. The molecule has 0 aliphatic heterocycles. The van der Waals surface area contributed by atoms with Gasteiger partial charge in [-0.2, -0.15) is 0 Å². The van der Waals surface area contributed by atoms with Crippen LogP contribution in [0.2, 0.25) is 0 Å². The second-order valence-electron chi connectivity index (χ2n) is 13.8. The van der Waals surface area contributed by atoms with Gasteiger partial charge in [0.05, 0.1) is 23.5 Å². The van der Waals surface area contributed by atoms with Crippen molar-refractivity contribution in [3.8, 4) is 35.0 Å². The van der Waals surface area contributed by atoms with Crippen molar-refractivity contribution in [3.05, 3.63) is 217 Å². The topological polar surface area (TPSA) is 114 Å². The number of carbonyl (C=O) groups is 2. The fraction of sp³-hybridized carbons (Fsp3) is 0.0196. The summed E-state index contributed by atoms with van der Waals surface area (Å²) in [7, 11) is -6.10. The summed E-state index contributed by atoms with van der Waals surface area (Å²) >= 11 is 0. The molecule has 0 heterocycles. The maximum absolute atomic E-state index is 14.9. The molecule has 8 aromatic rings. The van der Waals surface area contributed by atoms with Crippen LogP contribution in [0.5, 0.6) is 23.0 Å². The minimum absolute atomic E-state index is 0.155. The van der Waals surface area contributed by atoms with Crippen LogP contribution >= 0.6 is 14.7 Å². The van der Waals surface area contributed by atoms with Gasteiger partial charge in [-0.15, -0.1) is 0 Å². The molecule has 2 atom stereocenters. The van der Waals surface area contributed by atoms with E-state index in [9.17, 15) is 18.7 Å². The molecule has 0 fully saturated rings. The third kappa shape index (κ3) is 9.23. The molecule has 304 valence electrons. The Bertz CT molecular complexity index is 3050. The first-order valence-corrected chi connectivity index (χ1v) is 22.5. The Hall–Kier alpha value is -7.62. The first kappa shape index (κ1) is 41.1. The molecular weight excluding hydrogens is 818 g/mol. The average molecular weight is 855 g/mol. The van der Waals surface area contributed by atoms with Gasteiger partial charge in [0.15, 0.2) is 7.14 Å². The molecule has 62 heavy (non-hydrogen) atoms. The lowest BCUT2D eigenvalue weighted by Gasteiger charge is -2.20. The van der Waals surface area contributed by atoms with Crippen molar-refractivity contribution in [3.63, 3.8) is 0 Å². The molecular formula is C51H36O9P2. The molecule has 8 rings (SSSR count). The van der Waals surface area contributed by atoms with Gasteiger partial charge in [-0.1, -0.05) is 103 Å². The fourth-order valence-electron chi connectivity index (χ4n) is 6.59. The van der Waals surface area contributed by atoms with Crippen LogP contribution in [0.3, 0.4) is 0 Å². The Balaban J connectivity index is 0.977. The van der Waals surface area contributed by atoms with Crippen LogP contribution in [0.15, 0.2) is 200 Å². The van der Waals surface area contributed by atoms with Crippen molar-refractivity contribution in [2.24, 2.45) is 0 Å². The maximum Gasteiger partial charge on any atom is 0.462 e. The van der Waals surface area contributed by atoms with E-state index in [-0.39, 0.29) is 17.2 Å². The van der Waals surface area contributed by atoms with Crippen molar-refractivity contribution >= 4 is 58.7 Å². The van der Waals surface area contributed by atoms with Gasteiger partial charge in [0.2, 0.25) is 0 Å². The molecule has 0 aromatic heterocycles. The maximum atomic E-state index is 14.9. The van der Waals surface area contributed by atoms with E-state index in [0.29, 0.717) is 43.7 Å². The summed E-state index contributed by atoms with van der Waals surface area (Å²) in [5.41, 5.74) is 1.34. The van der Waals surface area contributed by atoms with Gasteiger partial charge in [-0.05, 0) is 102 Å². The minimum atomic E-state index is -4.10. The van der Waals surface area contributed by atoms with Crippen LogP contribution in [-0.4, -0.2) is 19.0 Å². The molecule has 0 amide bonds. The Morgan fingerprint density at radius 2 is 0.968 bits per heavy atom. The number of ether oxygens (including phenoxy) is 3. The van der Waals surface area contributed by atoms with Crippen molar-refractivity contribution < 1.29 is 42.0 Å². The van der Waals surface area contributed by atoms with E-state index in [2.05, 4.69) is 12.0 Å². The lowest BCUT2D eigenvalue weighted by Crippen LogP contribution is -2.25. The standard InChI is InChI=1S/C51H36O9P2/c1-56-50(52)39-26-30-48(31-27-39)61(54,46-18-4-2-5-19-46)47-28-22-37(23-29-47)32-33-57-42-14-10-16-44(35-42)59-62(55,49-20-6-3-7-21-49)60-45-17-11-15-43(36-45)58-51(53)41-25-24-38-12-8-9-13-40(38)34-41/h2-31,34-36H,1H3. The summed E-state index contributed by atoms with van der Waals surface area (Å²) in [4.78, 5) is 25.2. The van der Waals surface area contributed by atoms with Crippen molar-refractivity contribution in [1.29, 1.82) is 0 Å². The van der Waals surface area contributed by atoms with Crippen molar-refractivity contribution in [1.82, 2.24) is 0 Å². The summed E-state index contributed by atoms with van der Waals surface area (Å²) in [5, 5.41) is 4.00. The second kappa shape index (κ2) is 18.3. The zero-order valence-corrected chi connectivity index (χ0v) is 34.9. The first-order chi connectivity index (χ1) is 30.2. The number of methoxy groups -OCH3 is 1. The smallest absolute Gasteiger partial charge is 0.462 e. The number of carbonyl (C=O) groups excluding carboxylic acids is 2. The SMILES string of the molecule is COC(=O)c1ccc(P(=O)(c2ccccc2)c2ccc(C#COc3cccc(OP(=O)(Oc4cccc(OC(=O)c5ccc6ccccc6c5)c4)c4ccccc4)c3)cc2)cc1. The Kier molecular flexibility index (Phi) is 12.2. The van der Waals surface area contributed by atoms with Crippen LogP contribution in [0.4, 0.5) is 0 Å². The summed E-state index contributed by atoms with van der Waals surface area (Å²) in [6, 6.07) is 57.2. The second-order valence-corrected chi connectivity index (χ2v) is 18.4. The highest BCUT2D eigenvalue weighted by Gasteiger charge is 2.32. The van der Waals surface area contributed by atoms with Gasteiger partial charge < -0.3 is 27.8 Å². The van der Waals surface area contributed by atoms with E-state index in [4.69, 9.17) is 23.3 Å². The third-order valence-electron chi connectivity index (χ3n) is 9.70. The van der Waals surface area contributed by atoms with E-state index in [1.54, 1.807) is 133 Å². The van der Waals surface area contributed by atoms with Crippen LogP contribution < -0.4 is 39.7 Å². The van der Waals surface area contributed by atoms with Crippen molar-refractivity contribution in [2.75, 3.05) is 7.11 Å². The van der Waals surface area contributed by atoms with Crippen LogP contribution in [0.25, 0.3) is 10.8 Å². The summed E-state index contributed by atoms with van der Waals surface area (Å²) in [6.07, 6.45) is 2.71. The van der Waals surface area contributed by atoms with Gasteiger partial charge >= 0.3 is 19.5 Å². The largest absolute Gasteiger partial charge is 0.465 e. The van der Waals surface area contributed by atoms with Crippen LogP contribution in [0, 0.1) is 12.0 Å². The molecule has 0 aliphatic rings. The molecule has 0 spiro atoms. The molecule has 0 saturated heterocycles. The summed E-state index contributed by atoms with van der Waals surface area (Å²) < 4.78 is 58.0. The average Bonchev–Trinajstić information content (AvgIpc) is 3.32. The highest BCUT2D eigenvalue weighted by Crippen LogP contribution is 2.48. The zero-order valence-electron chi connectivity index (χ0n) is 33.1. The molecule has 0 bridgehead atoms. The molecule has 8 aromatic carbocycles. The summed E-state index contributed by atoms with van der Waals surface area (Å²) in [5.74, 6) is 2.80. The third-order valence-corrected chi connectivity index (χ3v) is 14.6. The zero-order chi connectivity index (χ0) is 42.9. The lowest BCUT2D eigenvalue weighted by molar-refractivity contribution is 0.0600. The number of rotatable bonds is 12. The molecule has 0 radical (unpaired) electrons. The van der Waals surface area contributed by atoms with Gasteiger partial charge in [0, 0.05) is 33.6 Å². The van der Waals surface area contributed by atoms with E-state index in [0.717, 1.165) is 10.8 Å². The highest BCUT2D eigenvalue weighted by molar-refractivity contribution is 7.85. The predicted molar refractivity (Wildman–Crippen MR) is 241 cm³/mol. The number of hydrogen-bond donors (Lipinski definition) is 0. The summed E-state index contributed by atoms with van der Waals surface area (Å²) in [6.45, 7) is 0. The monoisotopic (exact) mass is 854 g/mol. The molecule has 0 N–H and O–H groups in total. The fourth-order valence-corrected chi connectivity index (χ4v) is 10.8. The molecule has 9 nitrogen and oxygen atoms in total. The van der Waals surface area contributed by atoms with E-state index in [1.165, 1.54) is 13.2 Å². The minimum Gasteiger partial charge on any atom is -0.465 e. The molecule has 11 heteroatoms. The quantitative estimate of drug-likeness (QED) is 0.0513. The number of fused-ring (bicyclic) bond motifs is 1. The van der Waals surface area contributed by atoms with Crippen LogP contribution in [0.1, 0.15) is 26.3 Å². The van der Waals surface area contributed by atoms with Crippen LogP contribution in [-0.2, 0) is 13.9 Å². The van der Waals surface area contributed by atoms with Gasteiger partial charge in [-0.25, -0.2) is 14.2 Å². The molecule has 0 aliphatic carbocycles. The first-order valence-electron chi connectivity index (χ1n) is 19.3.